The number of furan rings is 1. The van der Waals surface area contributed by atoms with E-state index in [-0.39, 0.29) is 0 Å². The van der Waals surface area contributed by atoms with Crippen LogP contribution in [0.25, 0.3) is 11.0 Å². The zero-order valence-electron chi connectivity index (χ0n) is 10.2. The van der Waals surface area contributed by atoms with Crippen LogP contribution in [0.1, 0.15) is 37.6 Å². The van der Waals surface area contributed by atoms with Gasteiger partial charge in [0.2, 0.25) is 0 Å². The Balaban J connectivity index is 2.42. The molecule has 0 aliphatic heterocycles. The molecule has 0 fully saturated rings. The lowest BCUT2D eigenvalue weighted by molar-refractivity contribution is 0.428. The SMILES string of the molecule is CCNC(CC)c1cc2cccc(C)c2o1. The van der Waals surface area contributed by atoms with Crippen LogP contribution in [-0.4, -0.2) is 6.54 Å². The minimum atomic E-state index is 0.330. The van der Waals surface area contributed by atoms with Gasteiger partial charge < -0.3 is 9.73 Å². The Morgan fingerprint density at radius 2 is 2.12 bits per heavy atom. The molecule has 2 heteroatoms. The predicted molar refractivity (Wildman–Crippen MR) is 67.7 cm³/mol. The molecule has 1 unspecified atom stereocenters. The molecule has 0 saturated heterocycles. The summed E-state index contributed by atoms with van der Waals surface area (Å²) in [4.78, 5) is 0. The van der Waals surface area contributed by atoms with Crippen LogP contribution in [0.15, 0.2) is 28.7 Å². The highest BCUT2D eigenvalue weighted by Crippen LogP contribution is 2.27. The lowest BCUT2D eigenvalue weighted by atomic mass is 10.1. The Kier molecular flexibility index (Phi) is 3.30. The average Bonchev–Trinajstić information content (AvgIpc) is 2.71. The van der Waals surface area contributed by atoms with Gasteiger partial charge in [-0.1, -0.05) is 32.0 Å². The van der Waals surface area contributed by atoms with Gasteiger partial charge in [-0.3, -0.25) is 0 Å². The quantitative estimate of drug-likeness (QED) is 0.842. The third-order valence-corrected chi connectivity index (χ3v) is 2.96. The zero-order valence-corrected chi connectivity index (χ0v) is 10.2. The van der Waals surface area contributed by atoms with Gasteiger partial charge >= 0.3 is 0 Å². The maximum atomic E-state index is 5.94. The summed E-state index contributed by atoms with van der Waals surface area (Å²) in [6, 6.07) is 8.75. The topological polar surface area (TPSA) is 25.2 Å². The number of fused-ring (bicyclic) bond motifs is 1. The van der Waals surface area contributed by atoms with Gasteiger partial charge in [0.1, 0.15) is 11.3 Å². The lowest BCUT2D eigenvalue weighted by Crippen LogP contribution is -2.19. The predicted octanol–water partition coefficient (Wildman–Crippen LogP) is 3.80. The molecular weight excluding hydrogens is 198 g/mol. The minimum absolute atomic E-state index is 0.330. The Labute approximate surface area is 96.6 Å². The van der Waals surface area contributed by atoms with Gasteiger partial charge in [-0.15, -0.1) is 0 Å². The Morgan fingerprint density at radius 3 is 2.75 bits per heavy atom. The van der Waals surface area contributed by atoms with Crippen molar-refractivity contribution in [3.05, 3.63) is 35.6 Å². The Hall–Kier alpha value is -1.28. The van der Waals surface area contributed by atoms with Gasteiger partial charge in [-0.25, -0.2) is 0 Å². The summed E-state index contributed by atoms with van der Waals surface area (Å²) in [6.45, 7) is 7.35. The fraction of sp³-hybridized carbons (Fsp3) is 0.429. The van der Waals surface area contributed by atoms with Crippen molar-refractivity contribution in [2.24, 2.45) is 0 Å². The molecule has 1 aromatic heterocycles. The first-order valence-electron chi connectivity index (χ1n) is 5.98. The van der Waals surface area contributed by atoms with E-state index in [1.165, 1.54) is 10.9 Å². The molecule has 0 aliphatic carbocycles. The highest BCUT2D eigenvalue weighted by molar-refractivity contribution is 5.80. The van der Waals surface area contributed by atoms with Crippen LogP contribution in [0.4, 0.5) is 0 Å². The van der Waals surface area contributed by atoms with E-state index < -0.39 is 0 Å². The molecule has 0 bridgehead atoms. The fourth-order valence-electron chi connectivity index (χ4n) is 2.09. The number of nitrogens with one attached hydrogen (secondary N) is 1. The Bertz CT molecular complexity index is 473. The minimum Gasteiger partial charge on any atom is -0.459 e. The van der Waals surface area contributed by atoms with Crippen LogP contribution in [0.3, 0.4) is 0 Å². The largest absolute Gasteiger partial charge is 0.459 e. The maximum absolute atomic E-state index is 5.94. The summed E-state index contributed by atoms with van der Waals surface area (Å²) < 4.78 is 5.94. The second-order valence-electron chi connectivity index (χ2n) is 4.16. The van der Waals surface area contributed by atoms with E-state index in [4.69, 9.17) is 4.42 Å². The van der Waals surface area contributed by atoms with Crippen LogP contribution < -0.4 is 5.32 Å². The van der Waals surface area contributed by atoms with Crippen molar-refractivity contribution in [2.75, 3.05) is 6.54 Å². The molecule has 0 spiro atoms. The highest BCUT2D eigenvalue weighted by Gasteiger charge is 2.13. The summed E-state index contributed by atoms with van der Waals surface area (Å²) in [6.07, 6.45) is 1.05. The molecule has 1 aromatic carbocycles. The van der Waals surface area contributed by atoms with E-state index in [2.05, 4.69) is 50.4 Å². The van der Waals surface area contributed by atoms with Gasteiger partial charge in [0.25, 0.3) is 0 Å². The van der Waals surface area contributed by atoms with E-state index in [9.17, 15) is 0 Å². The first kappa shape index (κ1) is 11.2. The second-order valence-corrected chi connectivity index (χ2v) is 4.16. The lowest BCUT2D eigenvalue weighted by Gasteiger charge is -2.12. The molecule has 0 saturated carbocycles. The van der Waals surface area contributed by atoms with Crippen molar-refractivity contribution in [3.8, 4) is 0 Å². The van der Waals surface area contributed by atoms with E-state index in [1.807, 2.05) is 0 Å². The molecule has 0 radical (unpaired) electrons. The van der Waals surface area contributed by atoms with Crippen molar-refractivity contribution in [3.63, 3.8) is 0 Å². The molecule has 2 rings (SSSR count). The summed E-state index contributed by atoms with van der Waals surface area (Å²) in [5.74, 6) is 1.05. The van der Waals surface area contributed by atoms with Crippen molar-refractivity contribution in [2.45, 2.75) is 33.2 Å². The number of aryl methyl sites for hydroxylation is 1. The monoisotopic (exact) mass is 217 g/mol. The number of rotatable bonds is 4. The van der Waals surface area contributed by atoms with E-state index in [0.29, 0.717) is 6.04 Å². The van der Waals surface area contributed by atoms with Gasteiger partial charge in [-0.2, -0.15) is 0 Å². The number of para-hydroxylation sites is 1. The third kappa shape index (κ3) is 1.98. The molecule has 0 aliphatic rings. The third-order valence-electron chi connectivity index (χ3n) is 2.96. The van der Waals surface area contributed by atoms with Gasteiger partial charge in [0.05, 0.1) is 6.04 Å². The van der Waals surface area contributed by atoms with Gasteiger partial charge in [-0.05, 0) is 31.5 Å². The standard InChI is InChI=1S/C14H19NO/c1-4-12(15-5-2)13-9-11-8-6-7-10(3)14(11)16-13/h6-9,12,15H,4-5H2,1-3H3. The van der Waals surface area contributed by atoms with Crippen LogP contribution in [0.2, 0.25) is 0 Å². The summed E-state index contributed by atoms with van der Waals surface area (Å²) >= 11 is 0. The molecule has 2 nitrogen and oxygen atoms in total. The zero-order chi connectivity index (χ0) is 11.5. The van der Waals surface area contributed by atoms with Gasteiger partial charge in [0, 0.05) is 5.39 Å². The molecule has 86 valence electrons. The maximum Gasteiger partial charge on any atom is 0.137 e. The van der Waals surface area contributed by atoms with Crippen LogP contribution in [0.5, 0.6) is 0 Å². The summed E-state index contributed by atoms with van der Waals surface area (Å²) in [5.41, 5.74) is 2.23. The highest BCUT2D eigenvalue weighted by atomic mass is 16.3. The van der Waals surface area contributed by atoms with Gasteiger partial charge in [0.15, 0.2) is 0 Å². The molecule has 16 heavy (non-hydrogen) atoms. The summed E-state index contributed by atoms with van der Waals surface area (Å²) in [7, 11) is 0. The fourth-order valence-corrected chi connectivity index (χ4v) is 2.09. The van der Waals surface area contributed by atoms with E-state index in [1.54, 1.807) is 0 Å². The number of benzene rings is 1. The van der Waals surface area contributed by atoms with Crippen molar-refractivity contribution in [1.29, 1.82) is 0 Å². The van der Waals surface area contributed by atoms with Crippen LogP contribution >= 0.6 is 0 Å². The summed E-state index contributed by atoms with van der Waals surface area (Å²) in [5, 5.41) is 4.64. The van der Waals surface area contributed by atoms with E-state index in [0.717, 1.165) is 24.3 Å². The Morgan fingerprint density at radius 1 is 1.31 bits per heavy atom. The normalized spacial score (nSPS) is 13.2. The molecule has 1 N–H and O–H groups in total. The smallest absolute Gasteiger partial charge is 0.137 e. The second kappa shape index (κ2) is 4.71. The van der Waals surface area contributed by atoms with Crippen LogP contribution in [-0.2, 0) is 0 Å². The van der Waals surface area contributed by atoms with Crippen molar-refractivity contribution < 1.29 is 4.42 Å². The molecule has 2 aromatic rings. The van der Waals surface area contributed by atoms with Crippen molar-refractivity contribution >= 4 is 11.0 Å². The molecule has 1 atom stereocenters. The van der Waals surface area contributed by atoms with Crippen molar-refractivity contribution in [1.82, 2.24) is 5.32 Å². The average molecular weight is 217 g/mol. The molecular formula is C14H19NO. The molecule has 0 amide bonds. The number of hydrogen-bond donors (Lipinski definition) is 1. The first-order valence-corrected chi connectivity index (χ1v) is 5.98. The first-order chi connectivity index (χ1) is 7.76. The molecule has 1 heterocycles. The number of hydrogen-bond acceptors (Lipinski definition) is 2. The van der Waals surface area contributed by atoms with Crippen LogP contribution in [0, 0.1) is 6.92 Å². The van der Waals surface area contributed by atoms with E-state index >= 15 is 0 Å².